The summed E-state index contributed by atoms with van der Waals surface area (Å²) in [6.07, 6.45) is 3.43. The number of rotatable bonds is 5. The molecular weight excluding hydrogens is 268 g/mol. The predicted molar refractivity (Wildman–Crippen MR) is 76.4 cm³/mol. The summed E-state index contributed by atoms with van der Waals surface area (Å²) in [7, 11) is 1.39. The van der Waals surface area contributed by atoms with E-state index in [2.05, 4.69) is 0 Å². The van der Waals surface area contributed by atoms with Gasteiger partial charge in [0.15, 0.2) is 0 Å². The number of benzene rings is 1. The van der Waals surface area contributed by atoms with Gasteiger partial charge in [-0.05, 0) is 37.2 Å². The summed E-state index contributed by atoms with van der Waals surface area (Å²) in [5, 5.41) is 0. The number of esters is 2. The lowest BCUT2D eigenvalue weighted by Crippen LogP contribution is -2.46. The molecule has 0 spiro atoms. The molecule has 1 atom stereocenters. The summed E-state index contributed by atoms with van der Waals surface area (Å²) in [5.74, 6) is -0.219. The van der Waals surface area contributed by atoms with Gasteiger partial charge in [0.1, 0.15) is 5.60 Å². The Bertz CT molecular complexity index is 531. The second-order valence-corrected chi connectivity index (χ2v) is 6.11. The molecule has 3 fully saturated rings. The van der Waals surface area contributed by atoms with E-state index in [4.69, 9.17) is 9.47 Å². The molecule has 3 saturated carbocycles. The first-order valence-corrected chi connectivity index (χ1v) is 7.46. The number of fused-ring (bicyclic) bond motifs is 1. The van der Waals surface area contributed by atoms with E-state index < -0.39 is 5.60 Å². The van der Waals surface area contributed by atoms with Crippen molar-refractivity contribution in [1.29, 1.82) is 0 Å². The van der Waals surface area contributed by atoms with Crippen LogP contribution in [0, 0.1) is 11.8 Å². The molecule has 1 aromatic rings. The minimum atomic E-state index is -0.578. The van der Waals surface area contributed by atoms with E-state index in [0.29, 0.717) is 18.8 Å². The molecule has 0 amide bonds. The van der Waals surface area contributed by atoms with Gasteiger partial charge in [-0.25, -0.2) is 0 Å². The molecule has 3 aliphatic rings. The number of carbonyl (C=O) groups is 2. The molecule has 1 unspecified atom stereocenters. The molecule has 4 nitrogen and oxygen atoms in total. The molecule has 0 N–H and O–H groups in total. The average molecular weight is 288 g/mol. The van der Waals surface area contributed by atoms with Gasteiger partial charge in [-0.15, -0.1) is 0 Å². The molecule has 0 radical (unpaired) electrons. The van der Waals surface area contributed by atoms with Crippen molar-refractivity contribution in [2.75, 3.05) is 7.11 Å². The topological polar surface area (TPSA) is 52.6 Å². The molecule has 0 aliphatic heterocycles. The van der Waals surface area contributed by atoms with Crippen molar-refractivity contribution < 1.29 is 19.1 Å². The molecule has 112 valence electrons. The Morgan fingerprint density at radius 2 is 1.95 bits per heavy atom. The number of hydrogen-bond acceptors (Lipinski definition) is 4. The van der Waals surface area contributed by atoms with Crippen molar-refractivity contribution in [2.24, 2.45) is 11.8 Å². The Kier molecular flexibility index (Phi) is 3.70. The van der Waals surface area contributed by atoms with Gasteiger partial charge in [-0.1, -0.05) is 30.3 Å². The van der Waals surface area contributed by atoms with Crippen molar-refractivity contribution in [3.05, 3.63) is 35.9 Å². The fourth-order valence-corrected chi connectivity index (χ4v) is 3.69. The van der Waals surface area contributed by atoms with E-state index in [-0.39, 0.29) is 17.9 Å². The normalized spacial score (nSPS) is 29.6. The smallest absolute Gasteiger partial charge is 0.312 e. The van der Waals surface area contributed by atoms with Crippen LogP contribution in [-0.4, -0.2) is 24.6 Å². The molecule has 4 rings (SSSR count). The summed E-state index contributed by atoms with van der Waals surface area (Å²) in [4.78, 5) is 23.9. The third-order valence-corrected chi connectivity index (χ3v) is 4.74. The van der Waals surface area contributed by atoms with Crippen LogP contribution in [-0.2, 0) is 25.5 Å². The summed E-state index contributed by atoms with van der Waals surface area (Å²) in [6, 6.07) is 9.87. The second-order valence-electron chi connectivity index (χ2n) is 6.11. The van der Waals surface area contributed by atoms with Crippen LogP contribution >= 0.6 is 0 Å². The first-order valence-electron chi connectivity index (χ1n) is 7.46. The standard InChI is InChI=1S/C17H20O4/c1-20-16(19)14-9-13-10-17(14,11-13)21-15(18)8-7-12-5-3-2-4-6-12/h2-6,13-14H,7-11H2,1H3. The number of methoxy groups -OCH3 is 1. The Hall–Kier alpha value is -1.84. The van der Waals surface area contributed by atoms with E-state index in [1.807, 2.05) is 30.3 Å². The maximum absolute atomic E-state index is 12.1. The Morgan fingerprint density at radius 3 is 2.62 bits per heavy atom. The molecular formula is C17H20O4. The summed E-state index contributed by atoms with van der Waals surface area (Å²) < 4.78 is 10.5. The Balaban J connectivity index is 1.56. The first-order chi connectivity index (χ1) is 10.1. The third kappa shape index (κ3) is 2.67. The molecule has 0 heterocycles. The molecule has 4 heteroatoms. The number of carbonyl (C=O) groups excluding carboxylic acids is 2. The lowest BCUT2D eigenvalue weighted by atomic mass is 9.77. The summed E-state index contributed by atoms with van der Waals surface area (Å²) >= 11 is 0. The highest BCUT2D eigenvalue weighted by Gasteiger charge is 2.63. The number of ether oxygens (including phenoxy) is 2. The molecule has 3 aliphatic carbocycles. The van der Waals surface area contributed by atoms with Crippen LogP contribution < -0.4 is 0 Å². The van der Waals surface area contributed by atoms with Gasteiger partial charge in [0.2, 0.25) is 0 Å². The van der Waals surface area contributed by atoms with E-state index in [1.54, 1.807) is 0 Å². The lowest BCUT2D eigenvalue weighted by molar-refractivity contribution is -0.178. The summed E-state index contributed by atoms with van der Waals surface area (Å²) in [6.45, 7) is 0. The highest BCUT2D eigenvalue weighted by atomic mass is 16.6. The minimum Gasteiger partial charge on any atom is -0.469 e. The quantitative estimate of drug-likeness (QED) is 0.781. The van der Waals surface area contributed by atoms with Crippen molar-refractivity contribution in [3.8, 4) is 0 Å². The van der Waals surface area contributed by atoms with Gasteiger partial charge in [-0.2, -0.15) is 0 Å². The van der Waals surface area contributed by atoms with Crippen molar-refractivity contribution >= 4 is 11.9 Å². The fourth-order valence-electron chi connectivity index (χ4n) is 3.69. The van der Waals surface area contributed by atoms with Crippen molar-refractivity contribution in [3.63, 3.8) is 0 Å². The SMILES string of the molecule is COC(=O)C1CC2CC1(OC(=O)CCc1ccccc1)C2. The number of aryl methyl sites for hydroxylation is 1. The highest BCUT2D eigenvalue weighted by molar-refractivity contribution is 5.77. The van der Waals surface area contributed by atoms with E-state index in [1.165, 1.54) is 7.11 Å². The zero-order valence-electron chi connectivity index (χ0n) is 12.2. The van der Waals surface area contributed by atoms with E-state index in [9.17, 15) is 9.59 Å². The fraction of sp³-hybridized carbons (Fsp3) is 0.529. The minimum absolute atomic E-state index is 0.215. The maximum atomic E-state index is 12.1. The Labute approximate surface area is 124 Å². The van der Waals surface area contributed by atoms with Gasteiger partial charge in [0.25, 0.3) is 0 Å². The highest BCUT2D eigenvalue weighted by Crippen LogP contribution is 2.58. The van der Waals surface area contributed by atoms with Crippen LogP contribution in [0.4, 0.5) is 0 Å². The van der Waals surface area contributed by atoms with Gasteiger partial charge in [0, 0.05) is 6.42 Å². The largest absolute Gasteiger partial charge is 0.469 e. The monoisotopic (exact) mass is 288 g/mol. The third-order valence-electron chi connectivity index (χ3n) is 4.74. The first kappa shape index (κ1) is 14.1. The Morgan fingerprint density at radius 1 is 1.24 bits per heavy atom. The van der Waals surface area contributed by atoms with Crippen LogP contribution in [0.25, 0.3) is 0 Å². The van der Waals surface area contributed by atoms with Crippen molar-refractivity contribution in [1.82, 2.24) is 0 Å². The zero-order valence-corrected chi connectivity index (χ0v) is 12.2. The summed E-state index contributed by atoms with van der Waals surface area (Å²) in [5.41, 5.74) is 0.542. The van der Waals surface area contributed by atoms with Crippen LogP contribution in [0.2, 0.25) is 0 Å². The molecule has 0 saturated heterocycles. The van der Waals surface area contributed by atoms with Crippen LogP contribution in [0.5, 0.6) is 0 Å². The van der Waals surface area contributed by atoms with Crippen LogP contribution in [0.3, 0.4) is 0 Å². The molecule has 21 heavy (non-hydrogen) atoms. The maximum Gasteiger partial charge on any atom is 0.312 e. The van der Waals surface area contributed by atoms with Crippen LogP contribution in [0.1, 0.15) is 31.2 Å². The van der Waals surface area contributed by atoms with Gasteiger partial charge < -0.3 is 9.47 Å². The second kappa shape index (κ2) is 5.51. The number of hydrogen-bond donors (Lipinski definition) is 0. The van der Waals surface area contributed by atoms with Gasteiger partial charge in [-0.3, -0.25) is 9.59 Å². The lowest BCUT2D eigenvalue weighted by Gasteiger charge is -2.39. The predicted octanol–water partition coefficient (Wildman–Crippen LogP) is 2.50. The molecule has 2 bridgehead atoms. The van der Waals surface area contributed by atoms with E-state index in [0.717, 1.165) is 24.8 Å². The van der Waals surface area contributed by atoms with Crippen LogP contribution in [0.15, 0.2) is 30.3 Å². The van der Waals surface area contributed by atoms with Gasteiger partial charge in [0.05, 0.1) is 13.0 Å². The molecule has 1 aromatic carbocycles. The zero-order chi connectivity index (χ0) is 14.9. The van der Waals surface area contributed by atoms with E-state index >= 15 is 0 Å². The molecule has 0 aromatic heterocycles. The van der Waals surface area contributed by atoms with Crippen molar-refractivity contribution in [2.45, 2.75) is 37.7 Å². The average Bonchev–Trinajstić information content (AvgIpc) is 3.00. The van der Waals surface area contributed by atoms with Gasteiger partial charge >= 0.3 is 11.9 Å².